The second-order valence-electron chi connectivity index (χ2n) is 8.30. The molecule has 1 aliphatic heterocycles. The van der Waals surface area contributed by atoms with Gasteiger partial charge in [0, 0.05) is 23.8 Å². The SMILES string of the molecule is C#CCN1CC(C2CCCCC2C(F)(F)F)C(C(=O)C2CCC(Cl)CC2)N1. The van der Waals surface area contributed by atoms with E-state index in [0.29, 0.717) is 19.4 Å². The molecule has 0 aromatic rings. The van der Waals surface area contributed by atoms with Crippen LogP contribution in [0.25, 0.3) is 0 Å². The van der Waals surface area contributed by atoms with Gasteiger partial charge < -0.3 is 0 Å². The molecule has 0 amide bonds. The lowest BCUT2D eigenvalue weighted by molar-refractivity contribution is -0.202. The highest BCUT2D eigenvalue weighted by Crippen LogP contribution is 2.47. The Balaban J connectivity index is 1.79. The monoisotopic (exact) mass is 404 g/mol. The van der Waals surface area contributed by atoms with Crippen LogP contribution in [0.1, 0.15) is 51.4 Å². The van der Waals surface area contributed by atoms with Crippen LogP contribution in [0, 0.1) is 36.0 Å². The summed E-state index contributed by atoms with van der Waals surface area (Å²) >= 11 is 6.15. The Kier molecular flexibility index (Phi) is 6.76. The fourth-order valence-corrected chi connectivity index (χ4v) is 5.50. The largest absolute Gasteiger partial charge is 0.392 e. The van der Waals surface area contributed by atoms with Gasteiger partial charge in [-0.05, 0) is 44.4 Å². The van der Waals surface area contributed by atoms with Gasteiger partial charge in [-0.3, -0.25) is 4.79 Å². The van der Waals surface area contributed by atoms with E-state index in [1.54, 1.807) is 5.01 Å². The first kappa shape index (κ1) is 21.0. The summed E-state index contributed by atoms with van der Waals surface area (Å²) in [6, 6.07) is -0.567. The van der Waals surface area contributed by atoms with Gasteiger partial charge in [-0.1, -0.05) is 18.8 Å². The van der Waals surface area contributed by atoms with Gasteiger partial charge in [0.2, 0.25) is 0 Å². The first-order chi connectivity index (χ1) is 12.8. The molecule has 3 aliphatic rings. The van der Waals surface area contributed by atoms with E-state index in [-0.39, 0.29) is 36.0 Å². The molecule has 0 aromatic carbocycles. The number of alkyl halides is 4. The van der Waals surface area contributed by atoms with Crippen molar-refractivity contribution in [1.29, 1.82) is 0 Å². The molecule has 3 rings (SSSR count). The lowest BCUT2D eigenvalue weighted by Crippen LogP contribution is -2.48. The number of carbonyl (C=O) groups excluding carboxylic acids is 1. The molecule has 0 spiro atoms. The third-order valence-corrected chi connectivity index (χ3v) is 7.06. The molecule has 3 nitrogen and oxygen atoms in total. The molecule has 4 unspecified atom stereocenters. The number of hydrogen-bond donors (Lipinski definition) is 1. The number of terminal acetylenes is 1. The number of ketones is 1. The highest BCUT2D eigenvalue weighted by Gasteiger charge is 2.52. The molecule has 3 fully saturated rings. The molecule has 152 valence electrons. The summed E-state index contributed by atoms with van der Waals surface area (Å²) in [5, 5.41) is 1.86. The summed E-state index contributed by atoms with van der Waals surface area (Å²) in [5.74, 6) is 0.286. The van der Waals surface area contributed by atoms with Crippen LogP contribution in [-0.2, 0) is 4.79 Å². The minimum absolute atomic E-state index is 0.0505. The molecular weight excluding hydrogens is 377 g/mol. The number of halogens is 4. The Labute approximate surface area is 164 Å². The molecular formula is C20H28ClF3N2O. The average Bonchev–Trinajstić information content (AvgIpc) is 3.05. The van der Waals surface area contributed by atoms with E-state index in [2.05, 4.69) is 11.3 Å². The number of nitrogens with one attached hydrogen (secondary N) is 1. The maximum absolute atomic E-state index is 13.6. The van der Waals surface area contributed by atoms with E-state index < -0.39 is 24.1 Å². The summed E-state index contributed by atoms with van der Waals surface area (Å²) in [6.45, 7) is 0.695. The van der Waals surface area contributed by atoms with Crippen molar-refractivity contribution in [3.63, 3.8) is 0 Å². The van der Waals surface area contributed by atoms with Crippen LogP contribution in [-0.4, -0.2) is 41.5 Å². The molecule has 1 saturated heterocycles. The Morgan fingerprint density at radius 2 is 1.78 bits per heavy atom. The van der Waals surface area contributed by atoms with Crippen molar-refractivity contribution < 1.29 is 18.0 Å². The maximum atomic E-state index is 13.6. The molecule has 4 atom stereocenters. The number of nitrogens with zero attached hydrogens (tertiary/aromatic N) is 1. The number of carbonyl (C=O) groups is 1. The summed E-state index contributed by atoms with van der Waals surface area (Å²) in [6.07, 6.45) is 6.30. The summed E-state index contributed by atoms with van der Waals surface area (Å²) in [4.78, 5) is 13.2. The van der Waals surface area contributed by atoms with Crippen molar-refractivity contribution in [2.75, 3.05) is 13.1 Å². The first-order valence-electron chi connectivity index (χ1n) is 10.0. The van der Waals surface area contributed by atoms with Crippen LogP contribution < -0.4 is 5.43 Å². The first-order valence-corrected chi connectivity index (χ1v) is 10.4. The van der Waals surface area contributed by atoms with E-state index in [1.807, 2.05) is 0 Å². The fourth-order valence-electron chi connectivity index (χ4n) is 5.25. The van der Waals surface area contributed by atoms with E-state index in [9.17, 15) is 18.0 Å². The zero-order chi connectivity index (χ0) is 19.6. The van der Waals surface area contributed by atoms with E-state index >= 15 is 0 Å². The lowest BCUT2D eigenvalue weighted by Gasteiger charge is -2.38. The van der Waals surface area contributed by atoms with Crippen molar-refractivity contribution in [2.45, 2.75) is 69.0 Å². The smallest absolute Gasteiger partial charge is 0.298 e. The predicted molar refractivity (Wildman–Crippen MR) is 98.9 cm³/mol. The average molecular weight is 405 g/mol. The highest BCUT2D eigenvalue weighted by atomic mass is 35.5. The summed E-state index contributed by atoms with van der Waals surface area (Å²) in [5.41, 5.74) is 3.16. The third kappa shape index (κ3) is 4.81. The molecule has 1 N–H and O–H groups in total. The van der Waals surface area contributed by atoms with E-state index in [0.717, 1.165) is 32.1 Å². The van der Waals surface area contributed by atoms with Crippen LogP contribution in [0.5, 0.6) is 0 Å². The van der Waals surface area contributed by atoms with Gasteiger partial charge in [-0.2, -0.15) is 13.2 Å². The molecule has 0 aromatic heterocycles. The minimum atomic E-state index is -4.21. The van der Waals surface area contributed by atoms with Gasteiger partial charge in [-0.15, -0.1) is 18.0 Å². The number of rotatable bonds is 4. The molecule has 0 radical (unpaired) electrons. The van der Waals surface area contributed by atoms with Crippen LogP contribution in [0.4, 0.5) is 13.2 Å². The van der Waals surface area contributed by atoms with Crippen molar-refractivity contribution in [3.8, 4) is 12.3 Å². The fraction of sp³-hybridized carbons (Fsp3) is 0.850. The quantitative estimate of drug-likeness (QED) is 0.564. The van der Waals surface area contributed by atoms with Gasteiger partial charge in [-0.25, -0.2) is 10.4 Å². The highest BCUT2D eigenvalue weighted by molar-refractivity contribution is 6.20. The van der Waals surface area contributed by atoms with Crippen molar-refractivity contribution in [3.05, 3.63) is 0 Å². The molecule has 2 saturated carbocycles. The van der Waals surface area contributed by atoms with E-state index in [4.69, 9.17) is 18.0 Å². The summed E-state index contributed by atoms with van der Waals surface area (Å²) in [7, 11) is 0. The van der Waals surface area contributed by atoms with Gasteiger partial charge in [0.15, 0.2) is 5.78 Å². The molecule has 1 heterocycles. The van der Waals surface area contributed by atoms with E-state index in [1.165, 1.54) is 0 Å². The summed E-state index contributed by atoms with van der Waals surface area (Å²) < 4.78 is 40.9. The lowest BCUT2D eigenvalue weighted by atomic mass is 9.68. The molecule has 27 heavy (non-hydrogen) atoms. The second kappa shape index (κ2) is 8.71. The maximum Gasteiger partial charge on any atom is 0.392 e. The van der Waals surface area contributed by atoms with Crippen molar-refractivity contribution in [2.24, 2.45) is 23.7 Å². The van der Waals surface area contributed by atoms with Crippen LogP contribution in [0.15, 0.2) is 0 Å². The van der Waals surface area contributed by atoms with Gasteiger partial charge in [0.05, 0.1) is 18.5 Å². The Morgan fingerprint density at radius 1 is 1.11 bits per heavy atom. The number of hydrogen-bond acceptors (Lipinski definition) is 3. The van der Waals surface area contributed by atoms with Crippen LogP contribution in [0.2, 0.25) is 0 Å². The van der Waals surface area contributed by atoms with Gasteiger partial charge in [0.1, 0.15) is 0 Å². The predicted octanol–water partition coefficient (Wildman–Crippen LogP) is 4.16. The zero-order valence-electron chi connectivity index (χ0n) is 15.5. The Morgan fingerprint density at radius 3 is 2.41 bits per heavy atom. The minimum Gasteiger partial charge on any atom is -0.298 e. The van der Waals surface area contributed by atoms with Crippen LogP contribution in [0.3, 0.4) is 0 Å². The normalized spacial score (nSPS) is 38.5. The van der Waals surface area contributed by atoms with Crippen molar-refractivity contribution >= 4 is 17.4 Å². The third-order valence-electron chi connectivity index (χ3n) is 6.62. The molecule has 2 aliphatic carbocycles. The Hall–Kier alpha value is -0.770. The Bertz CT molecular complexity index is 569. The topological polar surface area (TPSA) is 32.3 Å². The second-order valence-corrected chi connectivity index (χ2v) is 8.92. The van der Waals surface area contributed by atoms with Crippen LogP contribution >= 0.6 is 11.6 Å². The molecule has 0 bridgehead atoms. The standard InChI is InChI=1S/C20H28ClF3N2O/c1-2-11-26-12-16(15-5-3-4-6-17(15)20(22,23)24)18(25-26)19(27)13-7-9-14(21)10-8-13/h1,13-18,25H,3-12H2. The van der Waals surface area contributed by atoms with Gasteiger partial charge in [0.25, 0.3) is 0 Å². The number of hydrazine groups is 1. The number of Topliss-reactive ketones (excluding diaryl/α,β-unsaturated/α-hetero) is 1. The molecule has 7 heteroatoms. The van der Waals surface area contributed by atoms with Crippen molar-refractivity contribution in [1.82, 2.24) is 10.4 Å². The van der Waals surface area contributed by atoms with Gasteiger partial charge >= 0.3 is 6.18 Å². The zero-order valence-corrected chi connectivity index (χ0v) is 16.2.